The second-order valence-electron chi connectivity index (χ2n) is 8.46. The summed E-state index contributed by atoms with van der Waals surface area (Å²) in [6.45, 7) is 2.81. The first-order valence-corrected chi connectivity index (χ1v) is 11.8. The van der Waals surface area contributed by atoms with E-state index in [1.807, 2.05) is 30.3 Å². The lowest BCUT2D eigenvalue weighted by Gasteiger charge is -2.30. The molecule has 188 valence electrons. The Morgan fingerprint density at radius 2 is 1.92 bits per heavy atom. The number of esters is 1. The number of pyridine rings is 1. The Balaban J connectivity index is 1.52. The number of hydrogen-bond donors (Lipinski definition) is 2. The summed E-state index contributed by atoms with van der Waals surface area (Å²) < 4.78 is 10.3. The van der Waals surface area contributed by atoms with Gasteiger partial charge in [-0.25, -0.2) is 9.97 Å². The molecule has 3 aromatic rings. The smallest absolute Gasteiger partial charge is 0.323 e. The number of Topliss-reactive ketones (excluding diaryl/α,β-unsaturated/α-hetero) is 1. The number of rotatable bonds is 9. The van der Waals surface area contributed by atoms with Crippen LogP contribution < -0.4 is 16.0 Å². The fourth-order valence-corrected chi connectivity index (χ4v) is 4.16. The van der Waals surface area contributed by atoms with Gasteiger partial charge in [-0.2, -0.15) is 0 Å². The summed E-state index contributed by atoms with van der Waals surface area (Å²) in [5.41, 5.74) is 10.2. The SMILES string of the molecule is CN[C@H](Cc1ccc(-c2cnc(N)c(C(=O)Cc3cnccc3N3CCOCC3)n2)cc1)C(=O)OC. The van der Waals surface area contributed by atoms with E-state index in [1.54, 1.807) is 25.6 Å². The first-order chi connectivity index (χ1) is 17.5. The number of carbonyl (C=O) groups excluding carboxylic acids is 2. The number of nitrogens with one attached hydrogen (secondary N) is 1. The highest BCUT2D eigenvalue weighted by molar-refractivity contribution is 6.00. The van der Waals surface area contributed by atoms with Gasteiger partial charge in [0, 0.05) is 48.7 Å². The number of aromatic nitrogens is 3. The van der Waals surface area contributed by atoms with Gasteiger partial charge in [-0.3, -0.25) is 14.6 Å². The van der Waals surface area contributed by atoms with E-state index in [0.717, 1.165) is 35.5 Å². The standard InChI is InChI=1S/C26H30N6O4/c1-28-20(26(34)35-2)13-17-3-5-18(6-4-17)21-16-30-25(27)24(31-21)23(33)14-19-15-29-8-7-22(19)32-9-11-36-12-10-32/h3-8,15-16,20,28H,9-14H2,1-2H3,(H2,27,30)/t20-/m1/s1. The molecule has 1 aromatic carbocycles. The zero-order valence-electron chi connectivity index (χ0n) is 20.4. The van der Waals surface area contributed by atoms with E-state index in [2.05, 4.69) is 25.2 Å². The molecule has 0 radical (unpaired) electrons. The van der Waals surface area contributed by atoms with Gasteiger partial charge in [0.25, 0.3) is 0 Å². The van der Waals surface area contributed by atoms with Crippen LogP contribution in [0.5, 0.6) is 0 Å². The number of ether oxygens (including phenoxy) is 2. The fourth-order valence-electron chi connectivity index (χ4n) is 4.16. The summed E-state index contributed by atoms with van der Waals surface area (Å²) in [5.74, 6) is -0.456. The van der Waals surface area contributed by atoms with Gasteiger partial charge in [-0.1, -0.05) is 24.3 Å². The molecule has 0 aliphatic carbocycles. The molecule has 10 nitrogen and oxygen atoms in total. The van der Waals surface area contributed by atoms with Gasteiger partial charge in [0.2, 0.25) is 0 Å². The molecule has 1 fully saturated rings. The summed E-state index contributed by atoms with van der Waals surface area (Å²) in [6, 6.07) is 9.06. The first-order valence-electron chi connectivity index (χ1n) is 11.8. The van der Waals surface area contributed by atoms with Gasteiger partial charge in [0.15, 0.2) is 11.6 Å². The van der Waals surface area contributed by atoms with Crippen LogP contribution in [0.15, 0.2) is 48.9 Å². The third kappa shape index (κ3) is 5.84. The number of morpholine rings is 1. The number of methoxy groups -OCH3 is 1. The van der Waals surface area contributed by atoms with Crippen molar-refractivity contribution in [2.24, 2.45) is 0 Å². The minimum atomic E-state index is -0.434. The van der Waals surface area contributed by atoms with Crippen LogP contribution in [0.1, 0.15) is 21.6 Å². The number of nitrogen functional groups attached to an aromatic ring is 1. The summed E-state index contributed by atoms with van der Waals surface area (Å²) in [4.78, 5) is 40.3. The normalized spacial score (nSPS) is 14.3. The molecule has 0 bridgehead atoms. The Hall–Kier alpha value is -3.89. The molecule has 10 heteroatoms. The summed E-state index contributed by atoms with van der Waals surface area (Å²) in [6.07, 6.45) is 5.58. The number of benzene rings is 1. The zero-order valence-corrected chi connectivity index (χ0v) is 20.4. The monoisotopic (exact) mass is 490 g/mol. The van der Waals surface area contributed by atoms with Crippen molar-refractivity contribution >= 4 is 23.3 Å². The lowest BCUT2D eigenvalue weighted by atomic mass is 10.0. The second kappa shape index (κ2) is 11.7. The van der Waals surface area contributed by atoms with Gasteiger partial charge in [0.1, 0.15) is 11.7 Å². The van der Waals surface area contributed by atoms with Gasteiger partial charge < -0.3 is 25.4 Å². The molecule has 3 N–H and O–H groups in total. The molecule has 0 saturated carbocycles. The average Bonchev–Trinajstić information content (AvgIpc) is 2.92. The van der Waals surface area contributed by atoms with Crippen LogP contribution in [0.3, 0.4) is 0 Å². The largest absolute Gasteiger partial charge is 0.468 e. The van der Waals surface area contributed by atoms with Crippen LogP contribution in [0.2, 0.25) is 0 Å². The Labute approximate surface area is 209 Å². The van der Waals surface area contributed by atoms with Gasteiger partial charge in [0.05, 0.1) is 32.2 Å². The van der Waals surface area contributed by atoms with Crippen molar-refractivity contribution in [1.29, 1.82) is 0 Å². The molecule has 2 aromatic heterocycles. The maximum absolute atomic E-state index is 13.3. The van der Waals surface area contributed by atoms with E-state index in [9.17, 15) is 9.59 Å². The van der Waals surface area contributed by atoms with Crippen LogP contribution in [0.4, 0.5) is 11.5 Å². The maximum Gasteiger partial charge on any atom is 0.323 e. The summed E-state index contributed by atoms with van der Waals surface area (Å²) in [5, 5.41) is 2.96. The van der Waals surface area contributed by atoms with E-state index in [0.29, 0.717) is 25.3 Å². The van der Waals surface area contributed by atoms with Gasteiger partial charge in [-0.15, -0.1) is 0 Å². The zero-order chi connectivity index (χ0) is 25.5. The molecule has 1 aliphatic heterocycles. The number of nitrogens with two attached hydrogens (primary N) is 1. The van der Waals surface area contributed by atoms with Crippen LogP contribution >= 0.6 is 0 Å². The topological polar surface area (TPSA) is 133 Å². The third-order valence-electron chi connectivity index (χ3n) is 6.17. The Bertz CT molecular complexity index is 1210. The lowest BCUT2D eigenvalue weighted by Crippen LogP contribution is -2.37. The van der Waals surface area contributed by atoms with Crippen molar-refractivity contribution in [3.63, 3.8) is 0 Å². The van der Waals surface area contributed by atoms with Crippen LogP contribution in [-0.2, 0) is 27.1 Å². The quantitative estimate of drug-likeness (QED) is 0.337. The Morgan fingerprint density at radius 3 is 2.61 bits per heavy atom. The van der Waals surface area contributed by atoms with E-state index in [1.165, 1.54) is 7.11 Å². The Morgan fingerprint density at radius 1 is 1.17 bits per heavy atom. The van der Waals surface area contributed by atoms with Gasteiger partial charge in [-0.05, 0) is 25.1 Å². The van der Waals surface area contributed by atoms with E-state index >= 15 is 0 Å². The van der Waals surface area contributed by atoms with Crippen LogP contribution in [-0.4, -0.2) is 73.2 Å². The molecular weight excluding hydrogens is 460 g/mol. The molecule has 1 saturated heterocycles. The molecule has 1 atom stereocenters. The highest BCUT2D eigenvalue weighted by Crippen LogP contribution is 2.24. The molecule has 36 heavy (non-hydrogen) atoms. The molecule has 3 heterocycles. The van der Waals surface area contributed by atoms with Crippen molar-refractivity contribution in [2.75, 3.05) is 51.1 Å². The maximum atomic E-state index is 13.3. The third-order valence-corrected chi connectivity index (χ3v) is 6.17. The number of carbonyl (C=O) groups is 2. The van der Waals surface area contributed by atoms with Gasteiger partial charge >= 0.3 is 5.97 Å². The van der Waals surface area contributed by atoms with Crippen LogP contribution in [0, 0.1) is 0 Å². The lowest BCUT2D eigenvalue weighted by molar-refractivity contribution is -0.142. The number of anilines is 2. The van der Waals surface area contributed by atoms with Crippen molar-refractivity contribution in [3.05, 3.63) is 65.7 Å². The number of likely N-dealkylation sites (N-methyl/N-ethyl adjacent to an activating group) is 1. The van der Waals surface area contributed by atoms with Crippen molar-refractivity contribution in [1.82, 2.24) is 20.3 Å². The van der Waals surface area contributed by atoms with Crippen molar-refractivity contribution < 1.29 is 19.1 Å². The molecule has 0 spiro atoms. The van der Waals surface area contributed by atoms with E-state index in [-0.39, 0.29) is 29.7 Å². The molecule has 1 aliphatic rings. The summed E-state index contributed by atoms with van der Waals surface area (Å²) in [7, 11) is 3.08. The minimum absolute atomic E-state index is 0.0899. The minimum Gasteiger partial charge on any atom is -0.468 e. The highest BCUT2D eigenvalue weighted by Gasteiger charge is 2.21. The van der Waals surface area contributed by atoms with Crippen molar-refractivity contribution in [3.8, 4) is 11.3 Å². The number of hydrogen-bond acceptors (Lipinski definition) is 10. The predicted molar refractivity (Wildman–Crippen MR) is 136 cm³/mol. The highest BCUT2D eigenvalue weighted by atomic mass is 16.5. The Kier molecular flexibility index (Phi) is 8.19. The molecule has 0 amide bonds. The first kappa shape index (κ1) is 25.2. The average molecular weight is 491 g/mol. The molecule has 0 unspecified atom stereocenters. The number of ketones is 1. The van der Waals surface area contributed by atoms with E-state index in [4.69, 9.17) is 15.2 Å². The molecular formula is C26H30N6O4. The van der Waals surface area contributed by atoms with E-state index < -0.39 is 6.04 Å². The van der Waals surface area contributed by atoms with Crippen molar-refractivity contribution in [2.45, 2.75) is 18.9 Å². The predicted octanol–water partition coefficient (Wildman–Crippen LogP) is 1.69. The fraction of sp³-hybridized carbons (Fsp3) is 0.346. The molecule has 4 rings (SSSR count). The number of nitrogens with zero attached hydrogens (tertiary/aromatic N) is 4. The summed E-state index contributed by atoms with van der Waals surface area (Å²) >= 11 is 0. The second-order valence-corrected chi connectivity index (χ2v) is 8.46. The van der Waals surface area contributed by atoms with Crippen LogP contribution in [0.25, 0.3) is 11.3 Å².